The van der Waals surface area contributed by atoms with Crippen molar-refractivity contribution in [3.63, 3.8) is 0 Å². The Kier molecular flexibility index (Phi) is 4.68. The Hall–Kier alpha value is -2.53. The molecule has 130 valence electrons. The summed E-state index contributed by atoms with van der Waals surface area (Å²) in [5.74, 6) is 0.467. The van der Waals surface area contributed by atoms with Crippen LogP contribution in [0.1, 0.15) is 29.8 Å². The highest BCUT2D eigenvalue weighted by atomic mass is 35.5. The molecule has 0 atom stereocenters. The summed E-state index contributed by atoms with van der Waals surface area (Å²) in [5, 5.41) is 4.07. The minimum Gasteiger partial charge on any atom is -0.491 e. The highest BCUT2D eigenvalue weighted by Gasteiger charge is 2.17. The van der Waals surface area contributed by atoms with Crippen LogP contribution in [0.4, 0.5) is 5.69 Å². The number of fused-ring (bicyclic) bond motifs is 1. The molecule has 2 heterocycles. The van der Waals surface area contributed by atoms with Crippen molar-refractivity contribution in [2.75, 3.05) is 5.32 Å². The molecule has 6 heteroatoms. The lowest BCUT2D eigenvalue weighted by atomic mass is 10.1. The van der Waals surface area contributed by atoms with Crippen LogP contribution >= 0.6 is 11.6 Å². The van der Waals surface area contributed by atoms with E-state index in [1.807, 2.05) is 50.7 Å². The lowest BCUT2D eigenvalue weighted by molar-refractivity contribution is 0.102. The van der Waals surface area contributed by atoms with Crippen LogP contribution < -0.4 is 10.1 Å². The first kappa shape index (κ1) is 17.3. The Morgan fingerprint density at radius 2 is 1.96 bits per heavy atom. The van der Waals surface area contributed by atoms with Gasteiger partial charge in [-0.2, -0.15) is 0 Å². The molecule has 0 aliphatic rings. The standard InChI is InChI=1S/C19H20ClN3O2/c1-11(2)25-14-7-5-13(6-8-14)22-19(24)15-9-21-18-16(17(15)20)12(3)10-23(18)4/h5-11H,1-4H3,(H,22,24). The summed E-state index contributed by atoms with van der Waals surface area (Å²) in [5.41, 5.74) is 2.77. The summed E-state index contributed by atoms with van der Waals surface area (Å²) in [4.78, 5) is 17.0. The molecule has 0 fully saturated rings. The van der Waals surface area contributed by atoms with Crippen molar-refractivity contribution in [2.24, 2.45) is 7.05 Å². The van der Waals surface area contributed by atoms with Crippen LogP contribution in [0, 0.1) is 6.92 Å². The minimum absolute atomic E-state index is 0.103. The quantitative estimate of drug-likeness (QED) is 0.743. The van der Waals surface area contributed by atoms with Gasteiger partial charge in [-0.1, -0.05) is 11.6 Å². The second-order valence-corrected chi connectivity index (χ2v) is 6.63. The van der Waals surface area contributed by atoms with E-state index >= 15 is 0 Å². The monoisotopic (exact) mass is 357 g/mol. The number of halogens is 1. The number of hydrogen-bond acceptors (Lipinski definition) is 3. The third kappa shape index (κ3) is 3.46. The predicted octanol–water partition coefficient (Wildman–Crippen LogP) is 4.57. The van der Waals surface area contributed by atoms with E-state index in [-0.39, 0.29) is 12.0 Å². The molecule has 0 spiro atoms. The maximum Gasteiger partial charge on any atom is 0.258 e. The van der Waals surface area contributed by atoms with Crippen molar-refractivity contribution >= 4 is 34.2 Å². The molecule has 3 aromatic rings. The molecule has 1 amide bonds. The third-order valence-corrected chi connectivity index (χ3v) is 4.23. The molecular formula is C19H20ClN3O2. The number of pyridine rings is 1. The van der Waals surface area contributed by atoms with Crippen LogP contribution in [0.15, 0.2) is 36.7 Å². The SMILES string of the molecule is Cc1cn(C)c2ncc(C(=O)Nc3ccc(OC(C)C)cc3)c(Cl)c12. The second-order valence-electron chi connectivity index (χ2n) is 6.25. The molecular weight excluding hydrogens is 338 g/mol. The summed E-state index contributed by atoms with van der Waals surface area (Å²) in [7, 11) is 1.90. The zero-order chi connectivity index (χ0) is 18.1. The first-order chi connectivity index (χ1) is 11.9. The molecule has 0 aliphatic heterocycles. The van der Waals surface area contributed by atoms with Gasteiger partial charge in [0.1, 0.15) is 11.4 Å². The van der Waals surface area contributed by atoms with Crippen molar-refractivity contribution in [1.82, 2.24) is 9.55 Å². The van der Waals surface area contributed by atoms with E-state index in [1.165, 1.54) is 6.20 Å². The van der Waals surface area contributed by atoms with Gasteiger partial charge in [-0.3, -0.25) is 4.79 Å². The normalized spacial score (nSPS) is 11.1. The Morgan fingerprint density at radius 1 is 1.28 bits per heavy atom. The molecule has 0 saturated heterocycles. The number of nitrogens with one attached hydrogen (secondary N) is 1. The van der Waals surface area contributed by atoms with E-state index in [0.29, 0.717) is 16.3 Å². The van der Waals surface area contributed by atoms with Crippen molar-refractivity contribution < 1.29 is 9.53 Å². The van der Waals surface area contributed by atoms with Gasteiger partial charge in [0, 0.05) is 30.5 Å². The molecule has 2 aromatic heterocycles. The van der Waals surface area contributed by atoms with E-state index in [1.54, 1.807) is 12.1 Å². The van der Waals surface area contributed by atoms with Gasteiger partial charge in [-0.25, -0.2) is 4.98 Å². The van der Waals surface area contributed by atoms with Crippen LogP contribution in [0.5, 0.6) is 5.75 Å². The van der Waals surface area contributed by atoms with Gasteiger partial charge < -0.3 is 14.6 Å². The number of carbonyl (C=O) groups excluding carboxylic acids is 1. The van der Waals surface area contributed by atoms with E-state index in [2.05, 4.69) is 10.3 Å². The van der Waals surface area contributed by atoms with Crippen molar-refractivity contribution in [3.05, 3.63) is 52.8 Å². The van der Waals surface area contributed by atoms with Gasteiger partial charge in [0.05, 0.1) is 16.7 Å². The van der Waals surface area contributed by atoms with Crippen LogP contribution in [0.2, 0.25) is 5.02 Å². The number of hydrogen-bond donors (Lipinski definition) is 1. The zero-order valence-electron chi connectivity index (χ0n) is 14.6. The summed E-state index contributed by atoms with van der Waals surface area (Å²) in [6.07, 6.45) is 3.56. The topological polar surface area (TPSA) is 56.2 Å². The van der Waals surface area contributed by atoms with Crippen LogP contribution in [0.3, 0.4) is 0 Å². The second kappa shape index (κ2) is 6.76. The summed E-state index contributed by atoms with van der Waals surface area (Å²) >= 11 is 6.47. The fourth-order valence-corrected chi connectivity index (χ4v) is 3.13. The van der Waals surface area contributed by atoms with E-state index in [4.69, 9.17) is 16.3 Å². The first-order valence-electron chi connectivity index (χ1n) is 8.05. The molecule has 0 aliphatic carbocycles. The molecule has 1 aromatic carbocycles. The predicted molar refractivity (Wildman–Crippen MR) is 101 cm³/mol. The summed E-state index contributed by atoms with van der Waals surface area (Å²) in [6.45, 7) is 5.88. The molecule has 0 unspecified atom stereocenters. The first-order valence-corrected chi connectivity index (χ1v) is 8.43. The van der Waals surface area contributed by atoms with Gasteiger partial charge in [-0.15, -0.1) is 0 Å². The third-order valence-electron chi connectivity index (χ3n) is 3.84. The lowest BCUT2D eigenvalue weighted by Crippen LogP contribution is -2.13. The highest BCUT2D eigenvalue weighted by molar-refractivity contribution is 6.39. The maximum absolute atomic E-state index is 12.6. The number of amides is 1. The van der Waals surface area contributed by atoms with Gasteiger partial charge in [0.2, 0.25) is 0 Å². The maximum atomic E-state index is 12.6. The lowest BCUT2D eigenvalue weighted by Gasteiger charge is -2.11. The molecule has 3 rings (SSSR count). The van der Waals surface area contributed by atoms with Gasteiger partial charge >= 0.3 is 0 Å². The van der Waals surface area contributed by atoms with E-state index in [0.717, 1.165) is 22.3 Å². The van der Waals surface area contributed by atoms with Crippen molar-refractivity contribution in [3.8, 4) is 5.75 Å². The average Bonchev–Trinajstić information content (AvgIpc) is 2.84. The van der Waals surface area contributed by atoms with Gasteiger partial charge in [0.25, 0.3) is 5.91 Å². The van der Waals surface area contributed by atoms with Crippen LogP contribution in [0.25, 0.3) is 11.0 Å². The average molecular weight is 358 g/mol. The Bertz CT molecular complexity index is 930. The molecule has 25 heavy (non-hydrogen) atoms. The molecule has 0 radical (unpaired) electrons. The number of aryl methyl sites for hydroxylation is 2. The Morgan fingerprint density at radius 3 is 2.60 bits per heavy atom. The number of rotatable bonds is 4. The fraction of sp³-hybridized carbons (Fsp3) is 0.263. The molecule has 0 bridgehead atoms. The van der Waals surface area contributed by atoms with Crippen LogP contribution in [-0.4, -0.2) is 21.6 Å². The zero-order valence-corrected chi connectivity index (χ0v) is 15.4. The van der Waals surface area contributed by atoms with Crippen molar-refractivity contribution in [1.29, 1.82) is 0 Å². The number of ether oxygens (including phenoxy) is 1. The number of anilines is 1. The minimum atomic E-state index is -0.291. The van der Waals surface area contributed by atoms with Crippen molar-refractivity contribution in [2.45, 2.75) is 26.9 Å². The number of carbonyl (C=O) groups is 1. The largest absolute Gasteiger partial charge is 0.491 e. The Balaban J connectivity index is 1.85. The molecule has 1 N–H and O–H groups in total. The van der Waals surface area contributed by atoms with E-state index in [9.17, 15) is 4.79 Å². The fourth-order valence-electron chi connectivity index (χ4n) is 2.76. The molecule has 5 nitrogen and oxygen atoms in total. The molecule has 0 saturated carbocycles. The number of nitrogens with zero attached hydrogens (tertiary/aromatic N) is 2. The number of aromatic nitrogens is 2. The van der Waals surface area contributed by atoms with Crippen LogP contribution in [-0.2, 0) is 7.05 Å². The smallest absolute Gasteiger partial charge is 0.258 e. The number of benzene rings is 1. The van der Waals surface area contributed by atoms with Gasteiger partial charge in [0.15, 0.2) is 0 Å². The summed E-state index contributed by atoms with van der Waals surface area (Å²) < 4.78 is 7.49. The summed E-state index contributed by atoms with van der Waals surface area (Å²) in [6, 6.07) is 7.23. The van der Waals surface area contributed by atoms with Gasteiger partial charge in [-0.05, 0) is 50.6 Å². The Labute approximate surface area is 151 Å². The highest BCUT2D eigenvalue weighted by Crippen LogP contribution is 2.30. The van der Waals surface area contributed by atoms with E-state index < -0.39 is 0 Å².